The molecule has 0 aromatic carbocycles. The van der Waals surface area contributed by atoms with E-state index in [0.717, 1.165) is 0 Å². The zero-order chi connectivity index (χ0) is 8.72. The molecule has 2 aliphatic rings. The summed E-state index contributed by atoms with van der Waals surface area (Å²) in [4.78, 5) is 21.7. The maximum absolute atomic E-state index is 11.0. The molecule has 1 heterocycles. The van der Waals surface area contributed by atoms with Gasteiger partial charge in [-0.3, -0.25) is 9.59 Å². The van der Waals surface area contributed by atoms with Crippen molar-refractivity contribution in [1.82, 2.24) is 5.32 Å². The van der Waals surface area contributed by atoms with Crippen LogP contribution in [0.15, 0.2) is 0 Å². The van der Waals surface area contributed by atoms with Gasteiger partial charge in [-0.2, -0.15) is 0 Å². The lowest BCUT2D eigenvalue weighted by molar-refractivity contribution is -0.140. The Labute approximate surface area is 69.9 Å². The summed E-state index contributed by atoms with van der Waals surface area (Å²) in [5.74, 6) is -0.274. The van der Waals surface area contributed by atoms with Crippen LogP contribution >= 0.6 is 0 Å². The molecule has 3 atom stereocenters. The molecule has 12 heavy (non-hydrogen) atoms. The summed E-state index contributed by atoms with van der Waals surface area (Å²) < 4.78 is 0. The SMILES string of the molecule is O=C1CC2CNC(C(=O)O)C2C1. The molecule has 2 fully saturated rings. The first-order chi connectivity index (χ1) is 5.68. The number of hydrogen-bond acceptors (Lipinski definition) is 3. The van der Waals surface area contributed by atoms with Crippen LogP contribution in [0.1, 0.15) is 12.8 Å². The molecule has 0 aromatic heterocycles. The molecule has 0 aromatic rings. The molecule has 1 aliphatic heterocycles. The standard InChI is InChI=1S/C8H11NO3/c10-5-1-4-3-9-7(8(11)12)6(4)2-5/h4,6-7,9H,1-3H2,(H,11,12). The quantitative estimate of drug-likeness (QED) is 0.562. The van der Waals surface area contributed by atoms with Gasteiger partial charge in [-0.25, -0.2) is 0 Å². The average Bonchev–Trinajstić information content (AvgIpc) is 2.43. The topological polar surface area (TPSA) is 66.4 Å². The first kappa shape index (κ1) is 7.73. The van der Waals surface area contributed by atoms with E-state index in [1.807, 2.05) is 0 Å². The Morgan fingerprint density at radius 2 is 2.25 bits per heavy atom. The molecule has 0 spiro atoms. The second-order valence-corrected chi connectivity index (χ2v) is 3.60. The molecular formula is C8H11NO3. The third-order valence-electron chi connectivity index (χ3n) is 2.85. The predicted octanol–water partition coefficient (Wildman–Crippen LogP) is -0.362. The smallest absolute Gasteiger partial charge is 0.321 e. The van der Waals surface area contributed by atoms with Crippen molar-refractivity contribution in [3.8, 4) is 0 Å². The summed E-state index contributed by atoms with van der Waals surface area (Å²) in [6, 6.07) is -0.485. The number of hydrogen-bond donors (Lipinski definition) is 2. The maximum atomic E-state index is 11.0. The van der Waals surface area contributed by atoms with Crippen molar-refractivity contribution in [3.05, 3.63) is 0 Å². The first-order valence-corrected chi connectivity index (χ1v) is 4.16. The van der Waals surface area contributed by atoms with Crippen molar-refractivity contribution in [3.63, 3.8) is 0 Å². The van der Waals surface area contributed by atoms with E-state index in [9.17, 15) is 9.59 Å². The van der Waals surface area contributed by atoms with Crippen molar-refractivity contribution in [1.29, 1.82) is 0 Å². The summed E-state index contributed by atoms with van der Waals surface area (Å²) in [5, 5.41) is 11.7. The number of carboxylic acid groups (broad SMARTS) is 1. The number of rotatable bonds is 1. The molecule has 1 saturated carbocycles. The highest BCUT2D eigenvalue weighted by Gasteiger charge is 2.45. The fourth-order valence-electron chi connectivity index (χ4n) is 2.27. The van der Waals surface area contributed by atoms with Crippen LogP contribution in [0.3, 0.4) is 0 Å². The second-order valence-electron chi connectivity index (χ2n) is 3.60. The van der Waals surface area contributed by atoms with Crippen molar-refractivity contribution >= 4 is 11.8 Å². The van der Waals surface area contributed by atoms with Crippen LogP contribution in [0.25, 0.3) is 0 Å². The van der Waals surface area contributed by atoms with Gasteiger partial charge in [0, 0.05) is 12.8 Å². The molecule has 66 valence electrons. The monoisotopic (exact) mass is 169 g/mol. The lowest BCUT2D eigenvalue weighted by atomic mass is 9.94. The van der Waals surface area contributed by atoms with E-state index in [4.69, 9.17) is 5.11 Å². The summed E-state index contributed by atoms with van der Waals surface area (Å²) >= 11 is 0. The van der Waals surface area contributed by atoms with Crippen LogP contribution in [0.2, 0.25) is 0 Å². The molecule has 2 N–H and O–H groups in total. The molecule has 0 bridgehead atoms. The van der Waals surface area contributed by atoms with Gasteiger partial charge in [0.15, 0.2) is 0 Å². The van der Waals surface area contributed by atoms with Crippen LogP contribution in [0.5, 0.6) is 0 Å². The molecule has 1 aliphatic carbocycles. The van der Waals surface area contributed by atoms with Gasteiger partial charge < -0.3 is 10.4 Å². The minimum Gasteiger partial charge on any atom is -0.480 e. The van der Waals surface area contributed by atoms with Gasteiger partial charge in [-0.15, -0.1) is 0 Å². The third-order valence-corrected chi connectivity index (χ3v) is 2.85. The van der Waals surface area contributed by atoms with Crippen LogP contribution in [-0.2, 0) is 9.59 Å². The number of carboxylic acids is 1. The van der Waals surface area contributed by atoms with Crippen LogP contribution in [0.4, 0.5) is 0 Å². The highest BCUT2D eigenvalue weighted by molar-refractivity contribution is 5.84. The Balaban J connectivity index is 2.13. The predicted molar refractivity (Wildman–Crippen MR) is 40.6 cm³/mol. The summed E-state index contributed by atoms with van der Waals surface area (Å²) in [5.41, 5.74) is 0. The second kappa shape index (κ2) is 2.55. The number of fused-ring (bicyclic) bond motifs is 1. The van der Waals surface area contributed by atoms with Gasteiger partial charge in [-0.1, -0.05) is 0 Å². The van der Waals surface area contributed by atoms with Gasteiger partial charge in [0.05, 0.1) is 0 Å². The fraction of sp³-hybridized carbons (Fsp3) is 0.750. The third kappa shape index (κ3) is 1.03. The Bertz CT molecular complexity index is 238. The Morgan fingerprint density at radius 1 is 1.50 bits per heavy atom. The minimum atomic E-state index is -0.822. The van der Waals surface area contributed by atoms with Crippen LogP contribution in [-0.4, -0.2) is 29.4 Å². The Morgan fingerprint density at radius 3 is 2.92 bits per heavy atom. The van der Waals surface area contributed by atoms with E-state index < -0.39 is 12.0 Å². The van der Waals surface area contributed by atoms with Crippen molar-refractivity contribution in [2.75, 3.05) is 6.54 Å². The summed E-state index contributed by atoms with van der Waals surface area (Å²) in [7, 11) is 0. The first-order valence-electron chi connectivity index (χ1n) is 4.16. The summed E-state index contributed by atoms with van der Waals surface area (Å²) in [6.45, 7) is 0.688. The molecular weight excluding hydrogens is 158 g/mol. The number of carbonyl (C=O) groups is 2. The van der Waals surface area contributed by atoms with E-state index in [0.29, 0.717) is 19.4 Å². The van der Waals surface area contributed by atoms with E-state index in [-0.39, 0.29) is 17.6 Å². The molecule has 4 heteroatoms. The molecule has 1 saturated heterocycles. The van der Waals surface area contributed by atoms with E-state index in [2.05, 4.69) is 5.32 Å². The molecule has 4 nitrogen and oxygen atoms in total. The normalized spacial score (nSPS) is 40.0. The van der Waals surface area contributed by atoms with E-state index in [1.54, 1.807) is 0 Å². The van der Waals surface area contributed by atoms with Gasteiger partial charge in [0.25, 0.3) is 0 Å². The number of Topliss-reactive ketones (excluding diaryl/α,β-unsaturated/α-hetero) is 1. The maximum Gasteiger partial charge on any atom is 0.321 e. The molecule has 0 amide bonds. The largest absolute Gasteiger partial charge is 0.480 e. The fourth-order valence-corrected chi connectivity index (χ4v) is 2.27. The number of carbonyl (C=O) groups excluding carboxylic acids is 1. The summed E-state index contributed by atoms with van der Waals surface area (Å²) in [6.07, 6.45) is 1.02. The van der Waals surface area contributed by atoms with Crippen molar-refractivity contribution < 1.29 is 14.7 Å². The highest BCUT2D eigenvalue weighted by Crippen LogP contribution is 2.35. The molecule has 3 unspecified atom stereocenters. The molecule has 0 radical (unpaired) electrons. The minimum absolute atomic E-state index is 0.0509. The zero-order valence-corrected chi connectivity index (χ0v) is 6.62. The van der Waals surface area contributed by atoms with Crippen molar-refractivity contribution in [2.45, 2.75) is 18.9 Å². The van der Waals surface area contributed by atoms with Gasteiger partial charge in [0.2, 0.25) is 0 Å². The van der Waals surface area contributed by atoms with Gasteiger partial charge in [-0.05, 0) is 18.4 Å². The van der Waals surface area contributed by atoms with Gasteiger partial charge in [0.1, 0.15) is 11.8 Å². The van der Waals surface area contributed by atoms with Gasteiger partial charge >= 0.3 is 5.97 Å². The lowest BCUT2D eigenvalue weighted by Crippen LogP contribution is -2.35. The lowest BCUT2D eigenvalue weighted by Gasteiger charge is -2.11. The average molecular weight is 169 g/mol. The Hall–Kier alpha value is -0.900. The van der Waals surface area contributed by atoms with Crippen LogP contribution in [0, 0.1) is 11.8 Å². The van der Waals surface area contributed by atoms with E-state index >= 15 is 0 Å². The number of aliphatic carboxylic acids is 1. The van der Waals surface area contributed by atoms with Crippen molar-refractivity contribution in [2.24, 2.45) is 11.8 Å². The Kier molecular flexibility index (Phi) is 1.65. The van der Waals surface area contributed by atoms with E-state index in [1.165, 1.54) is 0 Å². The molecule has 2 rings (SSSR count). The number of ketones is 1. The number of nitrogens with one attached hydrogen (secondary N) is 1. The zero-order valence-electron chi connectivity index (χ0n) is 6.62. The highest BCUT2D eigenvalue weighted by atomic mass is 16.4. The van der Waals surface area contributed by atoms with Crippen LogP contribution < -0.4 is 5.32 Å².